The summed E-state index contributed by atoms with van der Waals surface area (Å²) in [6, 6.07) is 1.59. The van der Waals surface area contributed by atoms with Gasteiger partial charge in [-0.2, -0.15) is 4.98 Å². The maximum atomic E-state index is 12.3. The summed E-state index contributed by atoms with van der Waals surface area (Å²) in [6.45, 7) is 7.05. The topological polar surface area (TPSA) is 99.1 Å². The number of rotatable bonds is 5. The standard InChI is InChI=1S/C12H17N3O4S/c1-7(2)11-13-12(19-15-11)9(4)20(16,17)6-10-5-8(3)18-14-10/h5,7,9H,6H2,1-4H3. The molecule has 0 aliphatic heterocycles. The summed E-state index contributed by atoms with van der Waals surface area (Å²) in [5, 5.41) is 6.59. The lowest BCUT2D eigenvalue weighted by atomic mass is 10.2. The Morgan fingerprint density at radius 1 is 1.20 bits per heavy atom. The second-order valence-electron chi connectivity index (χ2n) is 5.02. The molecule has 2 aromatic rings. The molecule has 7 nitrogen and oxygen atoms in total. The van der Waals surface area contributed by atoms with Crippen LogP contribution < -0.4 is 0 Å². The summed E-state index contributed by atoms with van der Waals surface area (Å²) in [6.07, 6.45) is 0. The van der Waals surface area contributed by atoms with Crippen molar-refractivity contribution in [1.29, 1.82) is 0 Å². The van der Waals surface area contributed by atoms with E-state index in [0.717, 1.165) is 0 Å². The van der Waals surface area contributed by atoms with Gasteiger partial charge in [-0.1, -0.05) is 24.2 Å². The monoisotopic (exact) mass is 299 g/mol. The van der Waals surface area contributed by atoms with Crippen LogP contribution in [0.1, 0.15) is 55.1 Å². The van der Waals surface area contributed by atoms with E-state index in [9.17, 15) is 8.42 Å². The molecule has 20 heavy (non-hydrogen) atoms. The third-order valence-corrected chi connectivity index (χ3v) is 4.86. The summed E-state index contributed by atoms with van der Waals surface area (Å²) in [5.74, 6) is 1.04. The van der Waals surface area contributed by atoms with Crippen molar-refractivity contribution in [3.8, 4) is 0 Å². The van der Waals surface area contributed by atoms with Crippen molar-refractivity contribution in [1.82, 2.24) is 15.3 Å². The molecule has 0 saturated heterocycles. The van der Waals surface area contributed by atoms with Crippen LogP contribution in [0.4, 0.5) is 0 Å². The lowest BCUT2D eigenvalue weighted by Gasteiger charge is -2.06. The first-order valence-corrected chi connectivity index (χ1v) is 7.98. The Balaban J connectivity index is 2.19. The Kier molecular flexibility index (Phi) is 3.94. The van der Waals surface area contributed by atoms with Gasteiger partial charge >= 0.3 is 0 Å². The highest BCUT2D eigenvalue weighted by Gasteiger charge is 2.29. The molecular formula is C12H17N3O4S. The van der Waals surface area contributed by atoms with E-state index in [1.807, 2.05) is 13.8 Å². The van der Waals surface area contributed by atoms with Gasteiger partial charge in [-0.05, 0) is 13.8 Å². The van der Waals surface area contributed by atoms with Crippen molar-refractivity contribution in [2.45, 2.75) is 44.6 Å². The highest BCUT2D eigenvalue weighted by molar-refractivity contribution is 7.90. The average Bonchev–Trinajstić information content (AvgIpc) is 2.97. The second kappa shape index (κ2) is 5.35. The van der Waals surface area contributed by atoms with Gasteiger partial charge in [0, 0.05) is 12.0 Å². The molecule has 1 atom stereocenters. The fourth-order valence-corrected chi connectivity index (χ4v) is 2.82. The van der Waals surface area contributed by atoms with E-state index >= 15 is 0 Å². The highest BCUT2D eigenvalue weighted by atomic mass is 32.2. The van der Waals surface area contributed by atoms with E-state index in [-0.39, 0.29) is 17.6 Å². The molecule has 0 amide bonds. The lowest BCUT2D eigenvalue weighted by molar-refractivity contribution is 0.369. The predicted molar refractivity (Wildman–Crippen MR) is 70.7 cm³/mol. The van der Waals surface area contributed by atoms with Crippen LogP contribution in [-0.4, -0.2) is 23.7 Å². The Labute approximate surface area is 117 Å². The van der Waals surface area contributed by atoms with E-state index in [1.54, 1.807) is 13.0 Å². The van der Waals surface area contributed by atoms with Gasteiger partial charge in [0.15, 0.2) is 15.7 Å². The summed E-state index contributed by atoms with van der Waals surface area (Å²) >= 11 is 0. The van der Waals surface area contributed by atoms with Crippen LogP contribution in [0.15, 0.2) is 15.1 Å². The second-order valence-corrected chi connectivity index (χ2v) is 7.35. The Bertz CT molecular complexity index is 687. The third-order valence-electron chi connectivity index (χ3n) is 2.89. The average molecular weight is 299 g/mol. The highest BCUT2D eigenvalue weighted by Crippen LogP contribution is 2.25. The Morgan fingerprint density at radius 2 is 1.90 bits per heavy atom. The third kappa shape index (κ3) is 3.06. The fourth-order valence-electron chi connectivity index (χ4n) is 1.62. The lowest BCUT2D eigenvalue weighted by Crippen LogP contribution is -2.13. The van der Waals surface area contributed by atoms with Crippen LogP contribution in [0.2, 0.25) is 0 Å². The molecule has 1 unspecified atom stereocenters. The van der Waals surface area contributed by atoms with Crippen LogP contribution in [0.25, 0.3) is 0 Å². The van der Waals surface area contributed by atoms with Gasteiger partial charge in [-0.15, -0.1) is 0 Å². The molecule has 110 valence electrons. The van der Waals surface area contributed by atoms with E-state index in [4.69, 9.17) is 9.05 Å². The van der Waals surface area contributed by atoms with E-state index in [2.05, 4.69) is 15.3 Å². The largest absolute Gasteiger partial charge is 0.361 e. The Morgan fingerprint density at radius 3 is 2.40 bits per heavy atom. The smallest absolute Gasteiger partial charge is 0.244 e. The van der Waals surface area contributed by atoms with Gasteiger partial charge < -0.3 is 9.05 Å². The van der Waals surface area contributed by atoms with Crippen molar-refractivity contribution in [3.05, 3.63) is 29.2 Å². The fraction of sp³-hybridized carbons (Fsp3) is 0.583. The maximum absolute atomic E-state index is 12.3. The molecule has 0 bridgehead atoms. The molecule has 0 saturated carbocycles. The van der Waals surface area contributed by atoms with Gasteiger partial charge in [0.05, 0.1) is 11.4 Å². The first-order valence-electron chi connectivity index (χ1n) is 6.27. The van der Waals surface area contributed by atoms with Crippen molar-refractivity contribution in [2.75, 3.05) is 0 Å². The summed E-state index contributed by atoms with van der Waals surface area (Å²) in [7, 11) is -3.48. The minimum Gasteiger partial charge on any atom is -0.361 e. The predicted octanol–water partition coefficient (Wildman–Crippen LogP) is 2.17. The molecule has 2 rings (SSSR count). The molecule has 8 heteroatoms. The van der Waals surface area contributed by atoms with Crippen LogP contribution in [0.5, 0.6) is 0 Å². The molecule has 0 N–H and O–H groups in total. The summed E-state index contributed by atoms with van der Waals surface area (Å²) in [4.78, 5) is 4.12. The first-order chi connectivity index (χ1) is 9.29. The van der Waals surface area contributed by atoms with Gasteiger partial charge in [-0.25, -0.2) is 8.42 Å². The molecule has 0 aliphatic carbocycles. The van der Waals surface area contributed by atoms with Gasteiger partial charge in [0.25, 0.3) is 0 Å². The quantitative estimate of drug-likeness (QED) is 0.834. The SMILES string of the molecule is Cc1cc(CS(=O)(=O)C(C)c2nc(C(C)C)no2)no1. The minimum absolute atomic E-state index is 0.0839. The Hall–Kier alpha value is -1.70. The molecule has 2 heterocycles. The van der Waals surface area contributed by atoms with Crippen molar-refractivity contribution in [2.24, 2.45) is 0 Å². The van der Waals surface area contributed by atoms with E-state index in [0.29, 0.717) is 17.3 Å². The number of hydrogen-bond acceptors (Lipinski definition) is 7. The molecule has 0 fully saturated rings. The molecule has 0 spiro atoms. The van der Waals surface area contributed by atoms with Crippen LogP contribution in [0.3, 0.4) is 0 Å². The minimum atomic E-state index is -3.48. The van der Waals surface area contributed by atoms with Crippen molar-refractivity contribution >= 4 is 9.84 Å². The van der Waals surface area contributed by atoms with Crippen LogP contribution >= 0.6 is 0 Å². The zero-order valence-corrected chi connectivity index (χ0v) is 12.6. The molecule has 0 aliphatic rings. The zero-order chi connectivity index (χ0) is 14.9. The number of sulfone groups is 1. The number of aromatic nitrogens is 3. The van der Waals surface area contributed by atoms with Gasteiger partial charge in [-0.3, -0.25) is 0 Å². The molecule has 2 aromatic heterocycles. The molecule has 0 aromatic carbocycles. The number of aryl methyl sites for hydroxylation is 1. The number of hydrogen-bond donors (Lipinski definition) is 0. The molecular weight excluding hydrogens is 282 g/mol. The van der Waals surface area contributed by atoms with Crippen LogP contribution in [-0.2, 0) is 15.6 Å². The van der Waals surface area contributed by atoms with Gasteiger partial charge in [0.2, 0.25) is 5.89 Å². The summed E-state index contributed by atoms with van der Waals surface area (Å²) in [5.41, 5.74) is 0.373. The zero-order valence-electron chi connectivity index (χ0n) is 11.8. The van der Waals surface area contributed by atoms with Crippen LogP contribution in [0, 0.1) is 6.92 Å². The first kappa shape index (κ1) is 14.7. The summed E-state index contributed by atoms with van der Waals surface area (Å²) < 4.78 is 34.5. The van der Waals surface area contributed by atoms with Crippen molar-refractivity contribution in [3.63, 3.8) is 0 Å². The maximum Gasteiger partial charge on any atom is 0.244 e. The normalized spacial score (nSPS) is 13.8. The molecule has 0 radical (unpaired) electrons. The van der Waals surface area contributed by atoms with Crippen molar-refractivity contribution < 1.29 is 17.5 Å². The van der Waals surface area contributed by atoms with E-state index < -0.39 is 15.1 Å². The van der Waals surface area contributed by atoms with E-state index in [1.165, 1.54) is 6.92 Å². The number of nitrogens with zero attached hydrogens (tertiary/aromatic N) is 3. The van der Waals surface area contributed by atoms with Gasteiger partial charge in [0.1, 0.15) is 11.0 Å².